The van der Waals surface area contributed by atoms with Crippen molar-refractivity contribution in [2.75, 3.05) is 43.4 Å². The van der Waals surface area contributed by atoms with Crippen molar-refractivity contribution in [1.29, 1.82) is 0 Å². The van der Waals surface area contributed by atoms with E-state index in [4.69, 9.17) is 0 Å². The van der Waals surface area contributed by atoms with Crippen molar-refractivity contribution >= 4 is 33.2 Å². The number of rotatable bonds is 3. The molecule has 126 valence electrons. The van der Waals surface area contributed by atoms with Crippen molar-refractivity contribution < 1.29 is 4.79 Å². The maximum absolute atomic E-state index is 12.4. The fraction of sp³-hybridized carbons (Fsp3) is 0.316. The van der Waals surface area contributed by atoms with Gasteiger partial charge >= 0.3 is 0 Å². The van der Waals surface area contributed by atoms with E-state index in [0.717, 1.165) is 36.3 Å². The molecule has 0 unspecified atom stereocenters. The van der Waals surface area contributed by atoms with Crippen LogP contribution in [0.2, 0.25) is 0 Å². The molecule has 2 aromatic rings. The number of carbonyl (C=O) groups is 1. The first-order valence-corrected chi connectivity index (χ1v) is 8.93. The molecule has 1 aliphatic heterocycles. The minimum atomic E-state index is -0.0944. The Kier molecular flexibility index (Phi) is 5.21. The van der Waals surface area contributed by atoms with Crippen LogP contribution in [-0.4, -0.2) is 44.0 Å². The van der Waals surface area contributed by atoms with E-state index in [2.05, 4.69) is 51.1 Å². The Bertz CT molecular complexity index is 739. The second-order valence-corrected chi connectivity index (χ2v) is 7.17. The molecule has 4 nitrogen and oxygen atoms in total. The molecule has 1 N–H and O–H groups in total. The Labute approximate surface area is 151 Å². The van der Waals surface area contributed by atoms with Gasteiger partial charge < -0.3 is 15.1 Å². The minimum absolute atomic E-state index is 0.0944. The van der Waals surface area contributed by atoms with Gasteiger partial charge in [-0.25, -0.2) is 0 Å². The molecule has 2 aromatic carbocycles. The quantitative estimate of drug-likeness (QED) is 0.870. The van der Waals surface area contributed by atoms with Gasteiger partial charge in [0.25, 0.3) is 5.91 Å². The van der Waals surface area contributed by atoms with E-state index in [-0.39, 0.29) is 5.91 Å². The van der Waals surface area contributed by atoms with Gasteiger partial charge in [-0.2, -0.15) is 0 Å². The number of nitrogens with one attached hydrogen (secondary N) is 1. The largest absolute Gasteiger partial charge is 0.369 e. The van der Waals surface area contributed by atoms with Gasteiger partial charge in [-0.1, -0.05) is 22.0 Å². The lowest BCUT2D eigenvalue weighted by Gasteiger charge is -2.35. The summed E-state index contributed by atoms with van der Waals surface area (Å²) >= 11 is 3.40. The van der Waals surface area contributed by atoms with Crippen molar-refractivity contribution in [3.63, 3.8) is 0 Å². The van der Waals surface area contributed by atoms with Crippen LogP contribution in [0.15, 0.2) is 46.9 Å². The van der Waals surface area contributed by atoms with Gasteiger partial charge in [-0.15, -0.1) is 0 Å². The normalized spacial score (nSPS) is 15.4. The maximum Gasteiger partial charge on any atom is 0.255 e. The van der Waals surface area contributed by atoms with Gasteiger partial charge in [-0.05, 0) is 55.9 Å². The number of amides is 1. The number of aryl methyl sites for hydroxylation is 1. The highest BCUT2D eigenvalue weighted by Crippen LogP contribution is 2.25. The number of nitrogens with zero attached hydrogens (tertiary/aromatic N) is 2. The summed E-state index contributed by atoms with van der Waals surface area (Å²) in [4.78, 5) is 17.1. The van der Waals surface area contributed by atoms with Gasteiger partial charge in [0.1, 0.15) is 0 Å². The van der Waals surface area contributed by atoms with E-state index in [1.165, 1.54) is 11.3 Å². The number of piperazine rings is 1. The predicted octanol–water partition coefficient (Wildman–Crippen LogP) is 3.76. The van der Waals surface area contributed by atoms with Crippen LogP contribution in [-0.2, 0) is 0 Å². The first-order chi connectivity index (χ1) is 11.5. The van der Waals surface area contributed by atoms with Gasteiger partial charge in [0, 0.05) is 47.6 Å². The lowest BCUT2D eigenvalue weighted by Crippen LogP contribution is -2.44. The molecule has 3 rings (SSSR count). The number of halogens is 1. The second-order valence-electron chi connectivity index (χ2n) is 6.26. The molecule has 0 saturated carbocycles. The molecule has 1 fully saturated rings. The van der Waals surface area contributed by atoms with E-state index < -0.39 is 0 Å². The van der Waals surface area contributed by atoms with Crippen molar-refractivity contribution in [1.82, 2.24) is 4.90 Å². The maximum atomic E-state index is 12.4. The molecule has 0 spiro atoms. The van der Waals surface area contributed by atoms with E-state index in [1.54, 1.807) is 0 Å². The summed E-state index contributed by atoms with van der Waals surface area (Å²) < 4.78 is 0.900. The molecular weight excluding hydrogens is 366 g/mol. The first kappa shape index (κ1) is 17.0. The Morgan fingerprint density at radius 2 is 1.83 bits per heavy atom. The zero-order valence-electron chi connectivity index (χ0n) is 14.1. The molecular formula is C19H22BrN3O. The molecule has 0 bridgehead atoms. The highest BCUT2D eigenvalue weighted by atomic mass is 79.9. The molecule has 0 aliphatic carbocycles. The van der Waals surface area contributed by atoms with Crippen LogP contribution in [0.1, 0.15) is 15.9 Å². The molecule has 1 amide bonds. The zero-order chi connectivity index (χ0) is 17.1. The van der Waals surface area contributed by atoms with Crippen LogP contribution >= 0.6 is 15.9 Å². The van der Waals surface area contributed by atoms with E-state index in [0.29, 0.717) is 5.56 Å². The Hall–Kier alpha value is -1.85. The van der Waals surface area contributed by atoms with E-state index in [9.17, 15) is 4.79 Å². The summed E-state index contributed by atoms with van der Waals surface area (Å²) in [5, 5.41) is 2.98. The number of hydrogen-bond donors (Lipinski definition) is 1. The van der Waals surface area contributed by atoms with Crippen molar-refractivity contribution in [3.8, 4) is 0 Å². The smallest absolute Gasteiger partial charge is 0.255 e. The summed E-state index contributed by atoms with van der Waals surface area (Å²) in [7, 11) is 2.16. The molecule has 1 aliphatic rings. The summed E-state index contributed by atoms with van der Waals surface area (Å²) in [6, 6.07) is 13.5. The fourth-order valence-electron chi connectivity index (χ4n) is 2.97. The standard InChI is InChI=1S/C19H22BrN3O/c1-14-12-17(21-19(24)15-4-3-5-16(20)13-15)6-7-18(14)23-10-8-22(2)9-11-23/h3-7,12-13H,8-11H2,1-2H3,(H,21,24). The SMILES string of the molecule is Cc1cc(NC(=O)c2cccc(Br)c2)ccc1N1CCN(C)CC1. The molecule has 0 atom stereocenters. The summed E-state index contributed by atoms with van der Waals surface area (Å²) in [6.07, 6.45) is 0. The Morgan fingerprint density at radius 3 is 2.50 bits per heavy atom. The molecule has 0 radical (unpaired) electrons. The monoisotopic (exact) mass is 387 g/mol. The third kappa shape index (κ3) is 3.97. The first-order valence-electron chi connectivity index (χ1n) is 8.14. The van der Waals surface area contributed by atoms with Crippen molar-refractivity contribution in [2.24, 2.45) is 0 Å². The van der Waals surface area contributed by atoms with Crippen LogP contribution < -0.4 is 10.2 Å². The lowest BCUT2D eigenvalue weighted by atomic mass is 10.1. The Balaban J connectivity index is 1.71. The Morgan fingerprint density at radius 1 is 1.08 bits per heavy atom. The number of likely N-dealkylation sites (N-methyl/N-ethyl adjacent to an activating group) is 1. The highest BCUT2D eigenvalue weighted by Gasteiger charge is 2.16. The van der Waals surface area contributed by atoms with Crippen LogP contribution in [0.5, 0.6) is 0 Å². The van der Waals surface area contributed by atoms with E-state index in [1.807, 2.05) is 36.4 Å². The molecule has 1 saturated heterocycles. The molecule has 5 heteroatoms. The van der Waals surface area contributed by atoms with Crippen molar-refractivity contribution in [2.45, 2.75) is 6.92 Å². The summed E-state index contributed by atoms with van der Waals surface area (Å²) in [5.41, 5.74) is 3.91. The minimum Gasteiger partial charge on any atom is -0.369 e. The molecule has 1 heterocycles. The van der Waals surface area contributed by atoms with Crippen LogP contribution in [0.25, 0.3) is 0 Å². The number of benzene rings is 2. The number of carbonyl (C=O) groups excluding carboxylic acids is 1. The fourth-order valence-corrected chi connectivity index (χ4v) is 3.37. The second kappa shape index (κ2) is 7.36. The van der Waals surface area contributed by atoms with Crippen LogP contribution in [0, 0.1) is 6.92 Å². The number of anilines is 2. The van der Waals surface area contributed by atoms with Gasteiger partial charge in [0.05, 0.1) is 0 Å². The topological polar surface area (TPSA) is 35.6 Å². The van der Waals surface area contributed by atoms with Crippen molar-refractivity contribution in [3.05, 3.63) is 58.1 Å². The third-order valence-electron chi connectivity index (χ3n) is 4.39. The van der Waals surface area contributed by atoms with Gasteiger partial charge in [0.2, 0.25) is 0 Å². The van der Waals surface area contributed by atoms with E-state index >= 15 is 0 Å². The average molecular weight is 388 g/mol. The third-order valence-corrected chi connectivity index (χ3v) is 4.88. The van der Waals surface area contributed by atoms with Gasteiger partial charge in [-0.3, -0.25) is 4.79 Å². The predicted molar refractivity (Wildman–Crippen MR) is 103 cm³/mol. The lowest BCUT2D eigenvalue weighted by molar-refractivity contribution is 0.102. The summed E-state index contributed by atoms with van der Waals surface area (Å²) in [6.45, 7) is 6.35. The average Bonchev–Trinajstić information content (AvgIpc) is 2.56. The highest BCUT2D eigenvalue weighted by molar-refractivity contribution is 9.10. The molecule has 0 aromatic heterocycles. The molecule has 24 heavy (non-hydrogen) atoms. The summed E-state index contributed by atoms with van der Waals surface area (Å²) in [5.74, 6) is -0.0944. The zero-order valence-corrected chi connectivity index (χ0v) is 15.6. The van der Waals surface area contributed by atoms with Crippen LogP contribution in [0.3, 0.4) is 0 Å². The number of hydrogen-bond acceptors (Lipinski definition) is 3. The van der Waals surface area contributed by atoms with Crippen LogP contribution in [0.4, 0.5) is 11.4 Å². The van der Waals surface area contributed by atoms with Gasteiger partial charge in [0.15, 0.2) is 0 Å².